The van der Waals surface area contributed by atoms with Crippen molar-refractivity contribution >= 4 is 15.7 Å². The zero-order chi connectivity index (χ0) is 14.7. The van der Waals surface area contributed by atoms with Gasteiger partial charge in [-0.2, -0.15) is 0 Å². The number of rotatable bonds is 5. The number of aliphatic hydroxyl groups is 1. The lowest BCUT2D eigenvalue weighted by Crippen LogP contribution is -2.48. The Labute approximate surface area is 115 Å². The van der Waals surface area contributed by atoms with Gasteiger partial charge in [0.2, 0.25) is 5.91 Å². The van der Waals surface area contributed by atoms with Crippen molar-refractivity contribution in [1.29, 1.82) is 0 Å². The van der Waals surface area contributed by atoms with Crippen molar-refractivity contribution in [2.24, 2.45) is 5.92 Å². The topological polar surface area (TPSA) is 83.5 Å². The van der Waals surface area contributed by atoms with Gasteiger partial charge in [0, 0.05) is 12.8 Å². The molecule has 0 radical (unpaired) electrons. The summed E-state index contributed by atoms with van der Waals surface area (Å²) in [4.78, 5) is 11.7. The van der Waals surface area contributed by atoms with Crippen molar-refractivity contribution in [3.63, 3.8) is 0 Å². The first-order valence-corrected chi connectivity index (χ1v) is 8.82. The maximum atomic E-state index is 11.7. The van der Waals surface area contributed by atoms with Crippen LogP contribution in [0.25, 0.3) is 0 Å². The molecule has 1 fully saturated rings. The van der Waals surface area contributed by atoms with E-state index in [1.165, 1.54) is 6.92 Å². The molecule has 1 atom stereocenters. The highest BCUT2D eigenvalue weighted by Gasteiger charge is 2.34. The van der Waals surface area contributed by atoms with Crippen LogP contribution in [0.2, 0.25) is 0 Å². The fraction of sp³-hybridized carbons (Fsp3) is 0.923. The summed E-state index contributed by atoms with van der Waals surface area (Å²) in [6.45, 7) is 3.65. The third-order valence-corrected chi connectivity index (χ3v) is 5.71. The van der Waals surface area contributed by atoms with Gasteiger partial charge in [0.25, 0.3) is 0 Å². The van der Waals surface area contributed by atoms with Gasteiger partial charge >= 0.3 is 0 Å². The van der Waals surface area contributed by atoms with E-state index in [1.807, 2.05) is 0 Å². The summed E-state index contributed by atoms with van der Waals surface area (Å²) >= 11 is 0. The largest absolute Gasteiger partial charge is 0.388 e. The Bertz CT molecular complexity index is 410. The van der Waals surface area contributed by atoms with E-state index < -0.39 is 26.6 Å². The molecule has 0 aliphatic heterocycles. The maximum absolute atomic E-state index is 11.7. The number of hydrogen-bond donors (Lipinski definition) is 2. The predicted molar refractivity (Wildman–Crippen MR) is 74.5 cm³/mol. The molecule has 0 bridgehead atoms. The Morgan fingerprint density at radius 3 is 2.37 bits per heavy atom. The van der Waals surface area contributed by atoms with Crippen LogP contribution < -0.4 is 5.32 Å². The summed E-state index contributed by atoms with van der Waals surface area (Å²) in [6.07, 6.45) is 5.42. The Morgan fingerprint density at radius 2 is 1.95 bits per heavy atom. The molecule has 0 aromatic heterocycles. The summed E-state index contributed by atoms with van der Waals surface area (Å²) in [6, 6.07) is 0. The van der Waals surface area contributed by atoms with Gasteiger partial charge in [0.05, 0.1) is 5.60 Å². The van der Waals surface area contributed by atoms with Crippen molar-refractivity contribution in [2.45, 2.75) is 56.8 Å². The Hall–Kier alpha value is -0.620. The highest BCUT2D eigenvalue weighted by molar-refractivity contribution is 7.92. The molecule has 0 aromatic carbocycles. The lowest BCUT2D eigenvalue weighted by atomic mass is 9.78. The average molecular weight is 291 g/mol. The number of carbonyl (C=O) groups is 1. The molecule has 1 aliphatic rings. The highest BCUT2D eigenvalue weighted by Crippen LogP contribution is 2.33. The minimum Gasteiger partial charge on any atom is -0.388 e. The molecule has 5 nitrogen and oxygen atoms in total. The number of amides is 1. The second-order valence-electron chi connectivity index (χ2n) is 5.77. The zero-order valence-corrected chi connectivity index (χ0v) is 12.8. The third kappa shape index (κ3) is 4.76. The van der Waals surface area contributed by atoms with Crippen molar-refractivity contribution in [3.8, 4) is 0 Å². The van der Waals surface area contributed by atoms with Crippen LogP contribution in [0.3, 0.4) is 0 Å². The van der Waals surface area contributed by atoms with E-state index in [9.17, 15) is 18.3 Å². The quantitative estimate of drug-likeness (QED) is 0.787. The van der Waals surface area contributed by atoms with E-state index >= 15 is 0 Å². The molecule has 1 amide bonds. The van der Waals surface area contributed by atoms with Crippen molar-refractivity contribution in [2.75, 3.05) is 12.8 Å². The normalized spacial score (nSPS) is 29.8. The van der Waals surface area contributed by atoms with Gasteiger partial charge in [-0.05, 0) is 38.5 Å². The van der Waals surface area contributed by atoms with E-state index in [0.29, 0.717) is 18.8 Å². The van der Waals surface area contributed by atoms with Crippen LogP contribution >= 0.6 is 0 Å². The Balaban J connectivity index is 2.47. The third-order valence-electron chi connectivity index (χ3n) is 4.22. The molecule has 2 N–H and O–H groups in total. The molecule has 0 heterocycles. The molecule has 1 unspecified atom stereocenters. The zero-order valence-electron chi connectivity index (χ0n) is 12.0. The lowest BCUT2D eigenvalue weighted by Gasteiger charge is -2.36. The van der Waals surface area contributed by atoms with E-state index in [-0.39, 0.29) is 6.54 Å². The number of hydrogen-bond acceptors (Lipinski definition) is 4. The van der Waals surface area contributed by atoms with Gasteiger partial charge < -0.3 is 10.4 Å². The predicted octanol–water partition coefficient (Wildman–Crippen LogP) is 0.867. The fourth-order valence-corrected chi connectivity index (χ4v) is 2.86. The van der Waals surface area contributed by atoms with Crippen LogP contribution in [-0.2, 0) is 14.6 Å². The second kappa shape index (κ2) is 6.22. The first-order valence-electron chi connectivity index (χ1n) is 6.87. The molecule has 1 saturated carbocycles. The molecular formula is C13H25NO4S. The van der Waals surface area contributed by atoms with Crippen LogP contribution in [0.5, 0.6) is 0 Å². The highest BCUT2D eigenvalue weighted by atomic mass is 32.2. The first-order chi connectivity index (χ1) is 8.68. The Kier molecular flexibility index (Phi) is 5.38. The van der Waals surface area contributed by atoms with Gasteiger partial charge in [-0.1, -0.05) is 13.3 Å². The SMILES string of the molecule is CCC1CCC(O)(CNC(=O)C(C)S(C)(=O)=O)CC1. The summed E-state index contributed by atoms with van der Waals surface area (Å²) in [5.74, 6) is 0.124. The summed E-state index contributed by atoms with van der Waals surface area (Å²) < 4.78 is 22.5. The Morgan fingerprint density at radius 1 is 1.42 bits per heavy atom. The van der Waals surface area contributed by atoms with Crippen LogP contribution in [-0.4, -0.2) is 43.1 Å². The van der Waals surface area contributed by atoms with Gasteiger partial charge in [0.1, 0.15) is 5.25 Å². The molecule has 6 heteroatoms. The van der Waals surface area contributed by atoms with Gasteiger partial charge in [0.15, 0.2) is 9.84 Å². The van der Waals surface area contributed by atoms with E-state index in [4.69, 9.17) is 0 Å². The standard InChI is InChI=1S/C13H25NO4S/c1-4-11-5-7-13(16,8-6-11)9-14-12(15)10(2)19(3,17)18/h10-11,16H,4-9H2,1-3H3,(H,14,15). The molecule has 0 aromatic rings. The smallest absolute Gasteiger partial charge is 0.238 e. The van der Waals surface area contributed by atoms with Crippen molar-refractivity contribution < 1.29 is 18.3 Å². The minimum atomic E-state index is -3.38. The minimum absolute atomic E-state index is 0.141. The molecular weight excluding hydrogens is 266 g/mol. The van der Waals surface area contributed by atoms with E-state index in [1.54, 1.807) is 0 Å². The maximum Gasteiger partial charge on any atom is 0.238 e. The molecule has 1 aliphatic carbocycles. The molecule has 0 spiro atoms. The van der Waals surface area contributed by atoms with E-state index in [0.717, 1.165) is 25.5 Å². The van der Waals surface area contributed by atoms with E-state index in [2.05, 4.69) is 12.2 Å². The molecule has 112 valence electrons. The van der Waals surface area contributed by atoms with Crippen LogP contribution in [0, 0.1) is 5.92 Å². The molecule has 19 heavy (non-hydrogen) atoms. The summed E-state index contributed by atoms with van der Waals surface area (Å²) in [5.41, 5.74) is -0.876. The number of sulfone groups is 1. The summed E-state index contributed by atoms with van der Waals surface area (Å²) in [7, 11) is -3.38. The van der Waals surface area contributed by atoms with Gasteiger partial charge in [-0.25, -0.2) is 8.42 Å². The van der Waals surface area contributed by atoms with Gasteiger partial charge in [-0.15, -0.1) is 0 Å². The van der Waals surface area contributed by atoms with Crippen molar-refractivity contribution in [1.82, 2.24) is 5.32 Å². The monoisotopic (exact) mass is 291 g/mol. The lowest BCUT2D eigenvalue weighted by molar-refractivity contribution is -0.122. The fourth-order valence-electron chi connectivity index (χ4n) is 2.39. The number of carbonyl (C=O) groups excluding carboxylic acids is 1. The van der Waals surface area contributed by atoms with Crippen LogP contribution in [0.15, 0.2) is 0 Å². The number of nitrogens with one attached hydrogen (secondary N) is 1. The second-order valence-corrected chi connectivity index (χ2v) is 8.13. The molecule has 1 rings (SSSR count). The first kappa shape index (κ1) is 16.4. The average Bonchev–Trinajstić information content (AvgIpc) is 2.35. The van der Waals surface area contributed by atoms with Gasteiger partial charge in [-0.3, -0.25) is 4.79 Å². The van der Waals surface area contributed by atoms with Crippen molar-refractivity contribution in [3.05, 3.63) is 0 Å². The van der Waals surface area contributed by atoms with Crippen LogP contribution in [0.1, 0.15) is 46.0 Å². The van der Waals surface area contributed by atoms with Crippen LogP contribution in [0.4, 0.5) is 0 Å². The summed E-state index contributed by atoms with van der Waals surface area (Å²) in [5, 5.41) is 11.9. The molecule has 0 saturated heterocycles.